The summed E-state index contributed by atoms with van der Waals surface area (Å²) in [5, 5.41) is 14.1. The van der Waals surface area contributed by atoms with Gasteiger partial charge in [-0.3, -0.25) is 0 Å². The van der Waals surface area contributed by atoms with Gasteiger partial charge < -0.3 is 0 Å². The normalized spacial score (nSPS) is 11.9. The molecule has 0 aliphatic carbocycles. The van der Waals surface area contributed by atoms with Crippen LogP contribution in [0.3, 0.4) is 0 Å². The average Bonchev–Trinajstić information content (AvgIpc) is 3.64. The Morgan fingerprint density at radius 3 is 1.30 bits per heavy atom. The summed E-state index contributed by atoms with van der Waals surface area (Å²) in [6.07, 6.45) is 1.88. The van der Waals surface area contributed by atoms with Crippen molar-refractivity contribution in [3.8, 4) is 44.5 Å². The fourth-order valence-electron chi connectivity index (χ4n) is 9.42. The first kappa shape index (κ1) is 32.4. The van der Waals surface area contributed by atoms with Gasteiger partial charge >= 0.3 is 319 Å². The number of hydrogen-bond donors (Lipinski definition) is 0. The fourth-order valence-corrected chi connectivity index (χ4v) is 11.8. The molecule has 57 heavy (non-hydrogen) atoms. The fraction of sp³-hybridized carbons (Fsp3) is 0. The van der Waals surface area contributed by atoms with Crippen LogP contribution in [0.4, 0.5) is 0 Å². The van der Waals surface area contributed by atoms with Crippen molar-refractivity contribution in [2.24, 2.45) is 0 Å². The third kappa shape index (κ3) is 5.05. The molecule has 2 aromatic heterocycles. The van der Waals surface area contributed by atoms with E-state index in [4.69, 9.17) is 4.98 Å². The second-order valence-corrected chi connectivity index (χ2v) is 17.3. The van der Waals surface area contributed by atoms with Gasteiger partial charge in [-0.25, -0.2) is 0 Å². The van der Waals surface area contributed by atoms with Crippen LogP contribution >= 0.6 is 0 Å². The van der Waals surface area contributed by atoms with Gasteiger partial charge in [0.1, 0.15) is 0 Å². The molecule has 0 aliphatic heterocycles. The van der Waals surface area contributed by atoms with Crippen LogP contribution in [0.15, 0.2) is 200 Å². The second kappa shape index (κ2) is 12.9. The molecule has 2 heterocycles. The van der Waals surface area contributed by atoms with E-state index in [1.807, 2.05) is 12.3 Å². The third-order valence-electron chi connectivity index (χ3n) is 11.9. The summed E-state index contributed by atoms with van der Waals surface area (Å²) < 4.78 is 2.89. The van der Waals surface area contributed by atoms with Crippen molar-refractivity contribution in [2.45, 2.75) is 0 Å². The molecule has 1 nitrogen and oxygen atoms in total. The van der Waals surface area contributed by atoms with Crippen molar-refractivity contribution in [3.63, 3.8) is 0 Å². The van der Waals surface area contributed by atoms with E-state index in [0.29, 0.717) is 0 Å². The van der Waals surface area contributed by atoms with E-state index in [0.717, 1.165) is 10.9 Å². The Kier molecular flexibility index (Phi) is 7.32. The molecule has 0 bridgehead atoms. The topological polar surface area (TPSA) is 12.9 Å². The quantitative estimate of drug-likeness (QED) is 0.128. The molecular formula is C55H33NSe. The third-order valence-corrected chi connectivity index (χ3v) is 14.2. The van der Waals surface area contributed by atoms with Gasteiger partial charge in [-0.15, -0.1) is 0 Å². The van der Waals surface area contributed by atoms with E-state index in [-0.39, 0.29) is 14.5 Å². The van der Waals surface area contributed by atoms with Crippen molar-refractivity contribution < 1.29 is 0 Å². The maximum atomic E-state index is 4.71. The minimum atomic E-state index is 0.201. The van der Waals surface area contributed by atoms with E-state index in [1.54, 1.807) is 0 Å². The van der Waals surface area contributed by atoms with Gasteiger partial charge in [-0.2, -0.15) is 0 Å². The second-order valence-electron chi connectivity index (χ2n) is 15.0. The van der Waals surface area contributed by atoms with Crippen molar-refractivity contribution in [3.05, 3.63) is 200 Å². The SMILES string of the molecule is c1ccc(-c2c3ccccc3c(-c3ccc4c(c3)[se]c3ccc(-c5c6ccccc6c(-c6ccc7cccnc7c6)c6ccccc56)cc34)c3ccccc23)cc1. The Balaban J connectivity index is 1.06. The monoisotopic (exact) mass is 787 g/mol. The number of rotatable bonds is 4. The maximum absolute atomic E-state index is 4.71. The van der Waals surface area contributed by atoms with Crippen LogP contribution in [0.2, 0.25) is 0 Å². The molecule has 0 spiro atoms. The summed E-state index contributed by atoms with van der Waals surface area (Å²) in [4.78, 5) is 4.71. The zero-order valence-electron chi connectivity index (χ0n) is 30.9. The molecule has 0 atom stereocenters. The number of fused-ring (bicyclic) bond motifs is 8. The van der Waals surface area contributed by atoms with Gasteiger partial charge in [-0.1, -0.05) is 6.07 Å². The van der Waals surface area contributed by atoms with E-state index in [2.05, 4.69) is 188 Å². The van der Waals surface area contributed by atoms with Gasteiger partial charge in [0.25, 0.3) is 0 Å². The minimum absolute atomic E-state index is 0.201. The first-order chi connectivity index (χ1) is 28.3. The molecule has 10 aromatic carbocycles. The van der Waals surface area contributed by atoms with Crippen LogP contribution in [-0.2, 0) is 0 Å². The standard InChI is InChI=1S/C55H33NSe/c1-2-13-35(14-3-1)52-40-16-4-6-18-42(40)55(43-19-7-5-17-41(43)52)38-26-28-39-48-31-36(27-29-50(48)57-51(39)33-38)53-44-20-8-10-22-46(44)54(47-23-11-9-21-45(47)53)37-25-24-34-15-12-30-56-49(34)32-37/h1-33H. The zero-order chi connectivity index (χ0) is 37.5. The molecule has 0 N–H and O–H groups in total. The van der Waals surface area contributed by atoms with E-state index in [9.17, 15) is 0 Å². The summed E-state index contributed by atoms with van der Waals surface area (Å²) in [7, 11) is 0. The molecule has 264 valence electrons. The molecule has 0 saturated carbocycles. The van der Waals surface area contributed by atoms with Gasteiger partial charge in [0, 0.05) is 6.20 Å². The van der Waals surface area contributed by atoms with Crippen LogP contribution in [0.25, 0.3) is 118 Å². The summed E-state index contributed by atoms with van der Waals surface area (Å²) in [6, 6.07) is 72.0. The molecule has 0 unspecified atom stereocenters. The molecule has 0 fully saturated rings. The van der Waals surface area contributed by atoms with Crippen molar-refractivity contribution >= 4 is 87.8 Å². The molecular weight excluding hydrogens is 754 g/mol. The molecule has 0 aliphatic rings. The number of nitrogens with zero attached hydrogens (tertiary/aromatic N) is 1. The zero-order valence-corrected chi connectivity index (χ0v) is 32.6. The molecule has 2 heteroatoms. The van der Waals surface area contributed by atoms with Crippen LogP contribution in [-0.4, -0.2) is 19.5 Å². The molecule has 12 aromatic rings. The summed E-state index contributed by atoms with van der Waals surface area (Å²) in [5.41, 5.74) is 11.2. The summed E-state index contributed by atoms with van der Waals surface area (Å²) in [6.45, 7) is 0. The first-order valence-electron chi connectivity index (χ1n) is 19.5. The van der Waals surface area contributed by atoms with Gasteiger partial charge in [-0.05, 0) is 6.07 Å². The Bertz CT molecular complexity index is 3460. The number of pyridine rings is 1. The van der Waals surface area contributed by atoms with Crippen LogP contribution < -0.4 is 0 Å². The van der Waals surface area contributed by atoms with Crippen LogP contribution in [0.5, 0.6) is 0 Å². The number of benzene rings is 10. The average molecular weight is 787 g/mol. The van der Waals surface area contributed by atoms with Gasteiger partial charge in [0.2, 0.25) is 0 Å². The molecule has 0 saturated heterocycles. The van der Waals surface area contributed by atoms with Crippen LogP contribution in [0, 0.1) is 0 Å². The Morgan fingerprint density at radius 1 is 0.281 bits per heavy atom. The summed E-state index contributed by atoms with van der Waals surface area (Å²) in [5.74, 6) is 0. The number of hydrogen-bond acceptors (Lipinski definition) is 1. The van der Waals surface area contributed by atoms with E-state index in [1.165, 1.54) is 107 Å². The Hall–Kier alpha value is -6.83. The molecule has 0 radical (unpaired) electrons. The van der Waals surface area contributed by atoms with E-state index >= 15 is 0 Å². The Morgan fingerprint density at radius 2 is 0.737 bits per heavy atom. The summed E-state index contributed by atoms with van der Waals surface area (Å²) >= 11 is 0.201. The van der Waals surface area contributed by atoms with Crippen molar-refractivity contribution in [1.82, 2.24) is 4.98 Å². The first-order valence-corrected chi connectivity index (χ1v) is 21.2. The van der Waals surface area contributed by atoms with Crippen LogP contribution in [0.1, 0.15) is 0 Å². The predicted molar refractivity (Wildman–Crippen MR) is 245 cm³/mol. The van der Waals surface area contributed by atoms with Crippen molar-refractivity contribution in [1.29, 1.82) is 0 Å². The van der Waals surface area contributed by atoms with E-state index < -0.39 is 0 Å². The predicted octanol–water partition coefficient (Wildman–Crippen LogP) is 14.9. The molecule has 0 amide bonds. The Labute approximate surface area is 335 Å². The van der Waals surface area contributed by atoms with Gasteiger partial charge in [0.05, 0.1) is 0 Å². The van der Waals surface area contributed by atoms with Gasteiger partial charge in [0.15, 0.2) is 0 Å². The number of aromatic nitrogens is 1. The van der Waals surface area contributed by atoms with Crippen molar-refractivity contribution in [2.75, 3.05) is 0 Å². The molecule has 12 rings (SSSR count).